The van der Waals surface area contributed by atoms with E-state index in [0.717, 1.165) is 18.5 Å². The number of hydrogen-bond acceptors (Lipinski definition) is 1. The molecule has 0 radical (unpaired) electrons. The minimum absolute atomic E-state index is 0.208. The van der Waals surface area contributed by atoms with Gasteiger partial charge in [-0.15, -0.1) is 0 Å². The summed E-state index contributed by atoms with van der Waals surface area (Å²) in [4.78, 5) is 13.1. The second-order valence-electron chi connectivity index (χ2n) is 3.26. The lowest BCUT2D eigenvalue weighted by Gasteiger charge is -2.10. The second-order valence-corrected chi connectivity index (χ2v) is 3.26. The Labute approximate surface area is 79.9 Å². The first-order valence-corrected chi connectivity index (χ1v) is 4.86. The molecule has 0 aliphatic carbocycles. The number of carbonyl (C=O) groups excluding carboxylic acids is 1. The molecule has 0 bridgehead atoms. The summed E-state index contributed by atoms with van der Waals surface area (Å²) in [5.41, 5.74) is 2.30. The average Bonchev–Trinajstić information content (AvgIpc) is 2.34. The van der Waals surface area contributed by atoms with Gasteiger partial charge >= 0.3 is 0 Å². The van der Waals surface area contributed by atoms with Gasteiger partial charge in [0.2, 0.25) is 5.91 Å². The van der Waals surface area contributed by atoms with Crippen LogP contribution in [0.4, 0.5) is 0 Å². The monoisotopic (exact) mass is 179 g/mol. The fraction of sp³-hybridized carbons (Fsp3) is 0.545. The highest BCUT2D eigenvalue weighted by atomic mass is 16.2. The molecule has 1 aliphatic heterocycles. The molecule has 1 fully saturated rings. The molecular weight excluding hydrogens is 162 g/mol. The fourth-order valence-corrected chi connectivity index (χ4v) is 1.61. The maximum absolute atomic E-state index is 11.4. The van der Waals surface area contributed by atoms with Gasteiger partial charge in [-0.2, -0.15) is 0 Å². The normalized spacial score (nSPS) is 23.6. The number of carbonyl (C=O) groups is 1. The number of hydrogen-bond donors (Lipinski definition) is 0. The Balaban J connectivity index is 2.94. The zero-order valence-electron chi connectivity index (χ0n) is 8.63. The number of likely N-dealkylation sites (tertiary alicyclic amines) is 1. The van der Waals surface area contributed by atoms with Crippen LogP contribution in [0.5, 0.6) is 0 Å². The molecule has 2 heteroatoms. The van der Waals surface area contributed by atoms with Gasteiger partial charge in [0.15, 0.2) is 0 Å². The summed E-state index contributed by atoms with van der Waals surface area (Å²) in [7, 11) is 1.85. The van der Waals surface area contributed by atoms with E-state index in [1.807, 2.05) is 7.05 Å². The summed E-state index contributed by atoms with van der Waals surface area (Å²) in [5, 5.41) is 0. The Morgan fingerprint density at radius 3 is 2.46 bits per heavy atom. The summed E-state index contributed by atoms with van der Waals surface area (Å²) in [6, 6.07) is 0. The van der Waals surface area contributed by atoms with Gasteiger partial charge in [-0.3, -0.25) is 4.79 Å². The molecule has 1 rings (SSSR count). The number of rotatable bonds is 2. The lowest BCUT2D eigenvalue weighted by atomic mass is 10.1. The summed E-state index contributed by atoms with van der Waals surface area (Å²) in [5.74, 6) is 0.208. The van der Waals surface area contributed by atoms with E-state index in [0.29, 0.717) is 6.42 Å². The van der Waals surface area contributed by atoms with E-state index in [2.05, 4.69) is 26.0 Å². The lowest BCUT2D eigenvalue weighted by molar-refractivity contribution is -0.125. The molecule has 0 atom stereocenters. The zero-order valence-corrected chi connectivity index (χ0v) is 8.63. The van der Waals surface area contributed by atoms with Crippen LogP contribution in [0.3, 0.4) is 0 Å². The van der Waals surface area contributed by atoms with Crippen molar-refractivity contribution in [2.45, 2.75) is 33.1 Å². The van der Waals surface area contributed by atoms with Crippen LogP contribution in [0.2, 0.25) is 0 Å². The van der Waals surface area contributed by atoms with Gasteiger partial charge in [0.1, 0.15) is 0 Å². The van der Waals surface area contributed by atoms with E-state index in [4.69, 9.17) is 0 Å². The van der Waals surface area contributed by atoms with E-state index in [9.17, 15) is 4.79 Å². The number of allylic oxidation sites excluding steroid dienone is 3. The molecule has 0 N–H and O–H groups in total. The molecule has 72 valence electrons. The average molecular weight is 179 g/mol. The van der Waals surface area contributed by atoms with Crippen molar-refractivity contribution in [3.8, 4) is 0 Å². The SMILES string of the molecule is CC/C=C1/CC(=O)N(C)/C1=C/CC. The first-order valence-electron chi connectivity index (χ1n) is 4.86. The number of amides is 1. The number of nitrogens with zero attached hydrogens (tertiary/aromatic N) is 1. The zero-order chi connectivity index (χ0) is 9.84. The van der Waals surface area contributed by atoms with E-state index in [-0.39, 0.29) is 5.91 Å². The molecule has 0 aromatic rings. The van der Waals surface area contributed by atoms with Gasteiger partial charge in [0.05, 0.1) is 6.42 Å². The molecular formula is C11H17NO. The van der Waals surface area contributed by atoms with Gasteiger partial charge in [0, 0.05) is 12.7 Å². The standard InChI is InChI=1S/C11H17NO/c1-4-6-9-8-11(13)12(3)10(9)7-5-2/h6-7H,4-5,8H2,1-3H3/b9-6-,10-7+. The third-order valence-corrected chi connectivity index (χ3v) is 2.25. The molecule has 13 heavy (non-hydrogen) atoms. The van der Waals surface area contributed by atoms with Gasteiger partial charge in [-0.25, -0.2) is 0 Å². The van der Waals surface area contributed by atoms with Crippen LogP contribution in [-0.4, -0.2) is 17.9 Å². The molecule has 0 spiro atoms. The van der Waals surface area contributed by atoms with Crippen LogP contribution in [0.15, 0.2) is 23.4 Å². The minimum Gasteiger partial charge on any atom is -0.315 e. The molecule has 1 aliphatic rings. The molecule has 1 heterocycles. The van der Waals surface area contributed by atoms with Crippen molar-refractivity contribution < 1.29 is 4.79 Å². The van der Waals surface area contributed by atoms with Crippen molar-refractivity contribution in [2.75, 3.05) is 7.05 Å². The summed E-state index contributed by atoms with van der Waals surface area (Å²) < 4.78 is 0. The van der Waals surface area contributed by atoms with Crippen molar-refractivity contribution in [1.29, 1.82) is 0 Å². The van der Waals surface area contributed by atoms with Crippen molar-refractivity contribution in [2.24, 2.45) is 0 Å². The van der Waals surface area contributed by atoms with Crippen LogP contribution in [-0.2, 0) is 4.79 Å². The van der Waals surface area contributed by atoms with Crippen molar-refractivity contribution in [1.82, 2.24) is 4.90 Å². The first-order chi connectivity index (χ1) is 6.20. The first kappa shape index (κ1) is 10.0. The van der Waals surface area contributed by atoms with Gasteiger partial charge < -0.3 is 4.90 Å². The Morgan fingerprint density at radius 1 is 1.31 bits per heavy atom. The molecule has 0 unspecified atom stereocenters. The fourth-order valence-electron chi connectivity index (χ4n) is 1.61. The third-order valence-electron chi connectivity index (χ3n) is 2.25. The van der Waals surface area contributed by atoms with Gasteiger partial charge in [-0.05, 0) is 18.4 Å². The highest BCUT2D eigenvalue weighted by Gasteiger charge is 2.25. The van der Waals surface area contributed by atoms with E-state index < -0.39 is 0 Å². The molecule has 2 nitrogen and oxygen atoms in total. The van der Waals surface area contributed by atoms with Crippen LogP contribution in [0.25, 0.3) is 0 Å². The predicted octanol–water partition coefficient (Wildman–Crippen LogP) is 2.48. The molecule has 0 aromatic carbocycles. The van der Waals surface area contributed by atoms with Crippen LogP contribution >= 0.6 is 0 Å². The maximum atomic E-state index is 11.4. The molecule has 1 saturated heterocycles. The second kappa shape index (κ2) is 4.26. The highest BCUT2D eigenvalue weighted by Crippen LogP contribution is 2.27. The molecule has 1 amide bonds. The summed E-state index contributed by atoms with van der Waals surface area (Å²) in [6.07, 6.45) is 6.82. The van der Waals surface area contributed by atoms with E-state index in [1.165, 1.54) is 5.57 Å². The van der Waals surface area contributed by atoms with Crippen molar-refractivity contribution >= 4 is 5.91 Å². The Morgan fingerprint density at radius 2 is 1.92 bits per heavy atom. The summed E-state index contributed by atoms with van der Waals surface area (Å²) in [6.45, 7) is 4.19. The number of likely N-dealkylation sites (N-methyl/N-ethyl adjacent to an activating group) is 1. The van der Waals surface area contributed by atoms with Crippen molar-refractivity contribution in [3.05, 3.63) is 23.4 Å². The Kier molecular flexibility index (Phi) is 3.29. The lowest BCUT2D eigenvalue weighted by Crippen LogP contribution is -2.16. The summed E-state index contributed by atoms with van der Waals surface area (Å²) >= 11 is 0. The smallest absolute Gasteiger partial charge is 0.231 e. The predicted molar refractivity (Wildman–Crippen MR) is 54.1 cm³/mol. The topological polar surface area (TPSA) is 20.3 Å². The molecule has 0 aromatic heterocycles. The van der Waals surface area contributed by atoms with Crippen LogP contribution < -0.4 is 0 Å². The van der Waals surface area contributed by atoms with Crippen LogP contribution in [0, 0.1) is 0 Å². The van der Waals surface area contributed by atoms with E-state index in [1.54, 1.807) is 4.90 Å². The van der Waals surface area contributed by atoms with Crippen molar-refractivity contribution in [3.63, 3.8) is 0 Å². The highest BCUT2D eigenvalue weighted by molar-refractivity contribution is 5.86. The Hall–Kier alpha value is -1.05. The molecule has 0 saturated carbocycles. The third kappa shape index (κ3) is 2.00. The quantitative estimate of drug-likeness (QED) is 0.637. The van der Waals surface area contributed by atoms with Crippen LogP contribution in [0.1, 0.15) is 33.1 Å². The Bertz CT molecular complexity index is 263. The van der Waals surface area contributed by atoms with Gasteiger partial charge in [0.25, 0.3) is 0 Å². The maximum Gasteiger partial charge on any atom is 0.231 e. The van der Waals surface area contributed by atoms with Gasteiger partial charge in [-0.1, -0.05) is 26.0 Å². The largest absolute Gasteiger partial charge is 0.315 e. The van der Waals surface area contributed by atoms with E-state index >= 15 is 0 Å². The minimum atomic E-state index is 0.208.